The van der Waals surface area contributed by atoms with E-state index in [0.717, 1.165) is 19.3 Å². The number of nitrogens with one attached hydrogen (secondary N) is 2. The first-order chi connectivity index (χ1) is 9.97. The van der Waals surface area contributed by atoms with Crippen LogP contribution < -0.4 is 10.6 Å². The van der Waals surface area contributed by atoms with E-state index in [9.17, 15) is 9.59 Å². The number of hydrogen-bond donors (Lipinski definition) is 2. The van der Waals surface area contributed by atoms with Crippen LogP contribution in [0.15, 0.2) is 24.3 Å². The van der Waals surface area contributed by atoms with Gasteiger partial charge in [0, 0.05) is 23.2 Å². The smallest absolute Gasteiger partial charge is 0.227 e. The molecule has 0 saturated carbocycles. The highest BCUT2D eigenvalue weighted by Crippen LogP contribution is 2.18. The maximum Gasteiger partial charge on any atom is 0.227 e. The van der Waals surface area contributed by atoms with E-state index < -0.39 is 0 Å². The van der Waals surface area contributed by atoms with Crippen LogP contribution in [0.4, 0.5) is 11.4 Å². The molecule has 0 bridgehead atoms. The van der Waals surface area contributed by atoms with Gasteiger partial charge >= 0.3 is 0 Å². The SMILES string of the molecule is CCCC(C)C(=O)Nc1cccc(NC(=O)C(C)CC)c1. The van der Waals surface area contributed by atoms with Gasteiger partial charge in [0.1, 0.15) is 0 Å². The van der Waals surface area contributed by atoms with E-state index in [1.54, 1.807) is 6.07 Å². The number of carbonyl (C=O) groups is 2. The van der Waals surface area contributed by atoms with E-state index in [-0.39, 0.29) is 23.7 Å². The Hall–Kier alpha value is -1.84. The summed E-state index contributed by atoms with van der Waals surface area (Å²) in [4.78, 5) is 23.9. The number of carbonyl (C=O) groups excluding carboxylic acids is 2. The molecule has 4 nitrogen and oxygen atoms in total. The lowest BCUT2D eigenvalue weighted by molar-refractivity contribution is -0.120. The van der Waals surface area contributed by atoms with E-state index in [1.807, 2.05) is 39.0 Å². The molecular weight excluding hydrogens is 264 g/mol. The lowest BCUT2D eigenvalue weighted by atomic mass is 10.1. The van der Waals surface area contributed by atoms with E-state index in [1.165, 1.54) is 0 Å². The first kappa shape index (κ1) is 17.2. The van der Waals surface area contributed by atoms with Crippen LogP contribution in [-0.2, 0) is 9.59 Å². The van der Waals surface area contributed by atoms with Gasteiger partial charge in [-0.3, -0.25) is 9.59 Å². The van der Waals surface area contributed by atoms with E-state index in [2.05, 4.69) is 17.6 Å². The quantitative estimate of drug-likeness (QED) is 0.796. The number of rotatable bonds is 7. The lowest BCUT2D eigenvalue weighted by Gasteiger charge is -2.13. The van der Waals surface area contributed by atoms with Gasteiger partial charge in [-0.15, -0.1) is 0 Å². The van der Waals surface area contributed by atoms with Gasteiger partial charge in [-0.1, -0.05) is 40.2 Å². The summed E-state index contributed by atoms with van der Waals surface area (Å²) in [6, 6.07) is 7.27. The third-order valence-electron chi connectivity index (χ3n) is 3.63. The normalized spacial score (nSPS) is 13.3. The molecule has 1 rings (SSSR count). The van der Waals surface area contributed by atoms with Crippen LogP contribution in [0.1, 0.15) is 47.0 Å². The summed E-state index contributed by atoms with van der Waals surface area (Å²) < 4.78 is 0. The molecule has 2 unspecified atom stereocenters. The fourth-order valence-corrected chi connectivity index (χ4v) is 1.96. The van der Waals surface area contributed by atoms with E-state index in [0.29, 0.717) is 11.4 Å². The molecule has 0 aliphatic carbocycles. The lowest BCUT2D eigenvalue weighted by Crippen LogP contribution is -2.21. The van der Waals surface area contributed by atoms with Crippen LogP contribution in [0.25, 0.3) is 0 Å². The summed E-state index contributed by atoms with van der Waals surface area (Å²) in [5.41, 5.74) is 1.42. The number of anilines is 2. The third-order valence-corrected chi connectivity index (χ3v) is 3.63. The van der Waals surface area contributed by atoms with Gasteiger partial charge in [0.25, 0.3) is 0 Å². The summed E-state index contributed by atoms with van der Waals surface area (Å²) in [6.07, 6.45) is 2.66. The summed E-state index contributed by atoms with van der Waals surface area (Å²) >= 11 is 0. The van der Waals surface area contributed by atoms with Gasteiger partial charge in [-0.25, -0.2) is 0 Å². The van der Waals surface area contributed by atoms with Gasteiger partial charge < -0.3 is 10.6 Å². The Morgan fingerprint density at radius 3 is 2.00 bits per heavy atom. The summed E-state index contributed by atoms with van der Waals surface area (Å²) in [5.74, 6) is -0.0104. The number of hydrogen-bond acceptors (Lipinski definition) is 2. The highest BCUT2D eigenvalue weighted by molar-refractivity contribution is 5.95. The van der Waals surface area contributed by atoms with Crippen LogP contribution >= 0.6 is 0 Å². The molecule has 0 aliphatic rings. The van der Waals surface area contributed by atoms with Gasteiger partial charge in [-0.2, -0.15) is 0 Å². The van der Waals surface area contributed by atoms with Gasteiger partial charge in [0.2, 0.25) is 11.8 Å². The van der Waals surface area contributed by atoms with Crippen molar-refractivity contribution in [3.05, 3.63) is 24.3 Å². The molecule has 2 N–H and O–H groups in total. The molecule has 0 fully saturated rings. The standard InChI is InChI=1S/C17H26N2O2/c1-5-8-13(4)17(21)19-15-10-7-9-14(11-15)18-16(20)12(3)6-2/h7,9-13H,5-6,8H2,1-4H3,(H,18,20)(H,19,21). The van der Waals surface area contributed by atoms with Crippen LogP contribution in [0.5, 0.6) is 0 Å². The predicted molar refractivity (Wildman–Crippen MR) is 87.2 cm³/mol. The second kappa shape index (κ2) is 8.45. The van der Waals surface area contributed by atoms with Crippen molar-refractivity contribution in [1.82, 2.24) is 0 Å². The van der Waals surface area contributed by atoms with Crippen molar-refractivity contribution >= 4 is 23.2 Å². The van der Waals surface area contributed by atoms with Crippen molar-refractivity contribution in [2.75, 3.05) is 10.6 Å². The largest absolute Gasteiger partial charge is 0.326 e. The molecule has 2 atom stereocenters. The molecule has 2 amide bonds. The molecule has 0 aromatic heterocycles. The number of amides is 2. The minimum atomic E-state index is -0.0205. The highest BCUT2D eigenvalue weighted by atomic mass is 16.2. The Bertz CT molecular complexity index is 485. The monoisotopic (exact) mass is 290 g/mol. The molecule has 1 aromatic carbocycles. The van der Waals surface area contributed by atoms with Gasteiger partial charge in [-0.05, 0) is 31.0 Å². The molecular formula is C17H26N2O2. The Kier molecular flexibility index (Phi) is 6.92. The molecule has 0 spiro atoms. The molecule has 0 heterocycles. The molecule has 21 heavy (non-hydrogen) atoms. The Labute approximate surface area is 127 Å². The van der Waals surface area contributed by atoms with Crippen LogP contribution in [0.3, 0.4) is 0 Å². The highest BCUT2D eigenvalue weighted by Gasteiger charge is 2.13. The first-order valence-electron chi connectivity index (χ1n) is 7.69. The van der Waals surface area contributed by atoms with Crippen molar-refractivity contribution in [3.8, 4) is 0 Å². The molecule has 0 aliphatic heterocycles. The molecule has 116 valence electrons. The zero-order valence-electron chi connectivity index (χ0n) is 13.4. The van der Waals surface area contributed by atoms with Crippen LogP contribution in [0, 0.1) is 11.8 Å². The molecule has 1 aromatic rings. The predicted octanol–water partition coefficient (Wildman–Crippen LogP) is 4.05. The van der Waals surface area contributed by atoms with Crippen molar-refractivity contribution in [1.29, 1.82) is 0 Å². The van der Waals surface area contributed by atoms with E-state index >= 15 is 0 Å². The summed E-state index contributed by atoms with van der Waals surface area (Å²) in [5, 5.41) is 5.76. The van der Waals surface area contributed by atoms with Gasteiger partial charge in [0.15, 0.2) is 0 Å². The fraction of sp³-hybridized carbons (Fsp3) is 0.529. The van der Waals surface area contributed by atoms with Crippen LogP contribution in [-0.4, -0.2) is 11.8 Å². The second-order valence-corrected chi connectivity index (χ2v) is 5.56. The minimum absolute atomic E-state index is 0.000303. The van der Waals surface area contributed by atoms with Gasteiger partial charge in [0.05, 0.1) is 0 Å². The van der Waals surface area contributed by atoms with E-state index in [4.69, 9.17) is 0 Å². The Morgan fingerprint density at radius 1 is 1.00 bits per heavy atom. The van der Waals surface area contributed by atoms with Crippen molar-refractivity contribution in [2.45, 2.75) is 47.0 Å². The zero-order chi connectivity index (χ0) is 15.8. The maximum atomic E-state index is 12.0. The van der Waals surface area contributed by atoms with Crippen molar-refractivity contribution in [2.24, 2.45) is 11.8 Å². The summed E-state index contributed by atoms with van der Waals surface area (Å²) in [7, 11) is 0. The Balaban J connectivity index is 2.68. The molecule has 4 heteroatoms. The molecule has 0 radical (unpaired) electrons. The van der Waals surface area contributed by atoms with Crippen LogP contribution in [0.2, 0.25) is 0 Å². The minimum Gasteiger partial charge on any atom is -0.326 e. The topological polar surface area (TPSA) is 58.2 Å². The summed E-state index contributed by atoms with van der Waals surface area (Å²) in [6.45, 7) is 7.87. The first-order valence-corrected chi connectivity index (χ1v) is 7.69. The number of benzene rings is 1. The fourth-order valence-electron chi connectivity index (χ4n) is 1.96. The average molecular weight is 290 g/mol. The zero-order valence-corrected chi connectivity index (χ0v) is 13.4. The average Bonchev–Trinajstić information content (AvgIpc) is 2.46. The van der Waals surface area contributed by atoms with Crippen molar-refractivity contribution < 1.29 is 9.59 Å². The maximum absolute atomic E-state index is 12.0. The van der Waals surface area contributed by atoms with Crippen molar-refractivity contribution in [3.63, 3.8) is 0 Å². The Morgan fingerprint density at radius 2 is 1.52 bits per heavy atom. The molecule has 0 saturated heterocycles. The second-order valence-electron chi connectivity index (χ2n) is 5.56. The third kappa shape index (κ3) is 5.58.